The van der Waals surface area contributed by atoms with E-state index in [0.717, 1.165) is 48.8 Å². The maximum Gasteiger partial charge on any atom is 0.0750 e. The van der Waals surface area contributed by atoms with Crippen LogP contribution in [0.5, 0.6) is 0 Å². The molecule has 1 aliphatic heterocycles. The van der Waals surface area contributed by atoms with Gasteiger partial charge in [-0.2, -0.15) is 0 Å². The zero-order chi connectivity index (χ0) is 13.8. The highest BCUT2D eigenvalue weighted by molar-refractivity contribution is 6.33. The summed E-state index contributed by atoms with van der Waals surface area (Å²) >= 11 is 6.39. The Bertz CT molecular complexity index is 421. The van der Waals surface area contributed by atoms with Crippen molar-refractivity contribution in [1.29, 1.82) is 0 Å². The van der Waals surface area contributed by atoms with E-state index in [4.69, 9.17) is 22.1 Å². The number of rotatable bonds is 4. The van der Waals surface area contributed by atoms with Crippen LogP contribution in [0.15, 0.2) is 18.2 Å². The van der Waals surface area contributed by atoms with E-state index in [0.29, 0.717) is 6.10 Å². The fourth-order valence-electron chi connectivity index (χ4n) is 2.59. The van der Waals surface area contributed by atoms with Crippen molar-refractivity contribution in [2.24, 2.45) is 5.73 Å². The van der Waals surface area contributed by atoms with Crippen molar-refractivity contribution in [3.8, 4) is 0 Å². The number of ether oxygens (including phenoxy) is 1. The number of piperidine rings is 1. The summed E-state index contributed by atoms with van der Waals surface area (Å²) in [6.45, 7) is 6.75. The Balaban J connectivity index is 2.12. The minimum atomic E-state index is 0.0177. The van der Waals surface area contributed by atoms with E-state index in [2.05, 4.69) is 17.0 Å². The molecular formula is C15H23ClN2O. The predicted molar refractivity (Wildman–Crippen MR) is 80.9 cm³/mol. The maximum atomic E-state index is 6.39. The molecule has 1 aliphatic rings. The Morgan fingerprint density at radius 1 is 1.53 bits per heavy atom. The zero-order valence-electron chi connectivity index (χ0n) is 11.7. The molecule has 3 nitrogen and oxygen atoms in total. The van der Waals surface area contributed by atoms with Gasteiger partial charge in [0.25, 0.3) is 0 Å². The second-order valence-electron chi connectivity index (χ2n) is 5.17. The monoisotopic (exact) mass is 282 g/mol. The molecule has 2 rings (SSSR count). The van der Waals surface area contributed by atoms with Crippen molar-refractivity contribution in [1.82, 2.24) is 0 Å². The van der Waals surface area contributed by atoms with Crippen molar-refractivity contribution >= 4 is 17.3 Å². The molecule has 0 aliphatic carbocycles. The molecule has 0 aromatic heterocycles. The third-order valence-corrected chi connectivity index (χ3v) is 3.92. The smallest absolute Gasteiger partial charge is 0.0750 e. The van der Waals surface area contributed by atoms with E-state index in [-0.39, 0.29) is 6.04 Å². The van der Waals surface area contributed by atoms with Crippen LogP contribution in [0, 0.1) is 0 Å². The Kier molecular flexibility index (Phi) is 5.08. The summed E-state index contributed by atoms with van der Waals surface area (Å²) in [5, 5.41) is 0.784. The lowest BCUT2D eigenvalue weighted by Gasteiger charge is -2.34. The van der Waals surface area contributed by atoms with Crippen molar-refractivity contribution in [2.75, 3.05) is 24.6 Å². The molecule has 19 heavy (non-hydrogen) atoms. The van der Waals surface area contributed by atoms with Crippen LogP contribution in [0.3, 0.4) is 0 Å². The molecule has 4 heteroatoms. The lowest BCUT2D eigenvalue weighted by atomic mass is 10.1. The van der Waals surface area contributed by atoms with E-state index in [9.17, 15) is 0 Å². The molecule has 0 bridgehead atoms. The molecule has 0 radical (unpaired) electrons. The molecule has 106 valence electrons. The van der Waals surface area contributed by atoms with Crippen molar-refractivity contribution in [3.63, 3.8) is 0 Å². The van der Waals surface area contributed by atoms with E-state index < -0.39 is 0 Å². The number of hydrogen-bond acceptors (Lipinski definition) is 3. The number of nitrogens with zero attached hydrogens (tertiary/aromatic N) is 1. The fourth-order valence-corrected chi connectivity index (χ4v) is 2.90. The van der Waals surface area contributed by atoms with E-state index in [1.54, 1.807) is 0 Å². The molecule has 2 N–H and O–H groups in total. The number of anilines is 1. The minimum absolute atomic E-state index is 0.0177. The third-order valence-electron chi connectivity index (χ3n) is 3.62. The van der Waals surface area contributed by atoms with Gasteiger partial charge < -0.3 is 15.4 Å². The average molecular weight is 283 g/mol. The van der Waals surface area contributed by atoms with E-state index >= 15 is 0 Å². The Labute approximate surface area is 120 Å². The Morgan fingerprint density at radius 3 is 2.95 bits per heavy atom. The van der Waals surface area contributed by atoms with Crippen LogP contribution in [0.2, 0.25) is 5.02 Å². The van der Waals surface area contributed by atoms with Gasteiger partial charge in [-0.3, -0.25) is 0 Å². The topological polar surface area (TPSA) is 38.5 Å². The van der Waals surface area contributed by atoms with Crippen LogP contribution in [0.1, 0.15) is 38.3 Å². The second-order valence-corrected chi connectivity index (χ2v) is 5.57. The summed E-state index contributed by atoms with van der Waals surface area (Å²) in [5.74, 6) is 0. The standard InChI is InChI=1S/C15H23ClN2O/c1-3-19-13-5-4-8-18(10-13)15-7-6-12(11(2)17)9-14(15)16/h6-7,9,11,13H,3-5,8,10,17H2,1-2H3. The summed E-state index contributed by atoms with van der Waals surface area (Å²) in [5.41, 5.74) is 8.05. The van der Waals surface area contributed by atoms with Crippen LogP contribution < -0.4 is 10.6 Å². The van der Waals surface area contributed by atoms with Gasteiger partial charge in [0.05, 0.1) is 16.8 Å². The molecule has 2 unspecified atom stereocenters. The van der Waals surface area contributed by atoms with Crippen LogP contribution in [0.4, 0.5) is 5.69 Å². The molecule has 0 spiro atoms. The third kappa shape index (κ3) is 3.62. The highest BCUT2D eigenvalue weighted by Gasteiger charge is 2.21. The lowest BCUT2D eigenvalue weighted by molar-refractivity contribution is 0.0527. The quantitative estimate of drug-likeness (QED) is 0.920. The summed E-state index contributed by atoms with van der Waals surface area (Å²) in [4.78, 5) is 2.32. The van der Waals surface area contributed by atoms with Crippen LogP contribution >= 0.6 is 11.6 Å². The molecule has 0 saturated carbocycles. The lowest BCUT2D eigenvalue weighted by Crippen LogP contribution is -2.39. The molecule has 1 aromatic carbocycles. The summed E-state index contributed by atoms with van der Waals surface area (Å²) < 4.78 is 5.73. The maximum absolute atomic E-state index is 6.39. The summed E-state index contributed by atoms with van der Waals surface area (Å²) in [7, 11) is 0. The van der Waals surface area contributed by atoms with Gasteiger partial charge in [0.15, 0.2) is 0 Å². The molecule has 1 heterocycles. The molecule has 2 atom stereocenters. The van der Waals surface area contributed by atoms with Gasteiger partial charge in [0, 0.05) is 25.7 Å². The molecular weight excluding hydrogens is 260 g/mol. The largest absolute Gasteiger partial charge is 0.377 e. The Hall–Kier alpha value is -0.770. The van der Waals surface area contributed by atoms with Gasteiger partial charge in [-0.1, -0.05) is 17.7 Å². The van der Waals surface area contributed by atoms with Gasteiger partial charge in [-0.15, -0.1) is 0 Å². The van der Waals surface area contributed by atoms with E-state index in [1.807, 2.05) is 19.9 Å². The normalized spacial score (nSPS) is 21.5. The van der Waals surface area contributed by atoms with Crippen molar-refractivity contribution < 1.29 is 4.74 Å². The molecule has 1 fully saturated rings. The van der Waals surface area contributed by atoms with Crippen molar-refractivity contribution in [2.45, 2.75) is 38.8 Å². The van der Waals surface area contributed by atoms with Gasteiger partial charge in [-0.05, 0) is 44.4 Å². The number of benzene rings is 1. The predicted octanol–water partition coefficient (Wildman–Crippen LogP) is 3.37. The summed E-state index contributed by atoms with van der Waals surface area (Å²) in [6, 6.07) is 6.14. The highest BCUT2D eigenvalue weighted by atomic mass is 35.5. The first-order valence-electron chi connectivity index (χ1n) is 7.03. The van der Waals surface area contributed by atoms with Gasteiger partial charge in [-0.25, -0.2) is 0 Å². The number of halogens is 1. The zero-order valence-corrected chi connectivity index (χ0v) is 12.5. The number of nitrogens with two attached hydrogens (primary N) is 1. The fraction of sp³-hybridized carbons (Fsp3) is 0.600. The SMILES string of the molecule is CCOC1CCCN(c2ccc(C(C)N)cc2Cl)C1. The Morgan fingerprint density at radius 2 is 2.32 bits per heavy atom. The summed E-state index contributed by atoms with van der Waals surface area (Å²) in [6.07, 6.45) is 2.61. The van der Waals surface area contributed by atoms with Crippen LogP contribution in [-0.4, -0.2) is 25.8 Å². The first-order chi connectivity index (χ1) is 9.11. The number of hydrogen-bond donors (Lipinski definition) is 1. The van der Waals surface area contributed by atoms with Crippen molar-refractivity contribution in [3.05, 3.63) is 28.8 Å². The van der Waals surface area contributed by atoms with E-state index in [1.165, 1.54) is 0 Å². The first-order valence-corrected chi connectivity index (χ1v) is 7.41. The van der Waals surface area contributed by atoms with Gasteiger partial charge in [0.2, 0.25) is 0 Å². The average Bonchev–Trinajstić information content (AvgIpc) is 2.39. The first kappa shape index (κ1) is 14.6. The highest BCUT2D eigenvalue weighted by Crippen LogP contribution is 2.31. The van der Waals surface area contributed by atoms with Crippen LogP contribution in [0.25, 0.3) is 0 Å². The minimum Gasteiger partial charge on any atom is -0.377 e. The second kappa shape index (κ2) is 6.60. The molecule has 0 amide bonds. The molecule has 1 saturated heterocycles. The van der Waals surface area contributed by atoms with Gasteiger partial charge >= 0.3 is 0 Å². The molecule has 1 aromatic rings. The van der Waals surface area contributed by atoms with Crippen LogP contribution in [-0.2, 0) is 4.74 Å². The van der Waals surface area contributed by atoms with Gasteiger partial charge in [0.1, 0.15) is 0 Å².